The van der Waals surface area contributed by atoms with Gasteiger partial charge in [0.25, 0.3) is 0 Å². The van der Waals surface area contributed by atoms with Gasteiger partial charge in [0.05, 0.1) is 13.2 Å². The van der Waals surface area contributed by atoms with Crippen molar-refractivity contribution in [3.8, 4) is 0 Å². The SMILES string of the molecule is CC/C=C\C/C=C\C/C=C\C/C=C\C/C=C\CCCCCCCCCC(=O)OC(/C=C\CCCCCCCCC)CCCCCCCCC(=O)NCC(=O)NC(CO)C(=O)O. The van der Waals surface area contributed by atoms with Crippen LogP contribution in [0.5, 0.6) is 0 Å². The Bertz CT molecular complexity index is 1250. The number of ether oxygens (including phenoxy) is 1. The minimum absolute atomic E-state index is 0.0894. The summed E-state index contributed by atoms with van der Waals surface area (Å²) in [7, 11) is 0. The number of allylic oxidation sites excluding steroid dienone is 11. The van der Waals surface area contributed by atoms with Crippen LogP contribution in [0.3, 0.4) is 0 Å². The maximum absolute atomic E-state index is 12.8. The molecular formula is C52H88N2O7. The molecule has 0 fully saturated rings. The molecule has 0 aromatic heterocycles. The number of aliphatic carboxylic acids is 1. The second kappa shape index (κ2) is 45.8. The number of carboxylic acid groups (broad SMARTS) is 1. The van der Waals surface area contributed by atoms with Gasteiger partial charge in [-0.15, -0.1) is 0 Å². The van der Waals surface area contributed by atoms with Crippen LogP contribution in [0.25, 0.3) is 0 Å². The number of aliphatic hydroxyl groups is 1. The monoisotopic (exact) mass is 853 g/mol. The van der Waals surface area contributed by atoms with Gasteiger partial charge in [0.2, 0.25) is 11.8 Å². The number of hydrogen-bond donors (Lipinski definition) is 4. The Morgan fingerprint density at radius 3 is 1.51 bits per heavy atom. The smallest absolute Gasteiger partial charge is 0.328 e. The Kier molecular flexibility index (Phi) is 43.0. The number of carboxylic acids is 1. The van der Waals surface area contributed by atoms with Crippen LogP contribution in [-0.2, 0) is 23.9 Å². The normalized spacial score (nSPS) is 13.1. The summed E-state index contributed by atoms with van der Waals surface area (Å²) in [5.41, 5.74) is 0. The third-order valence-electron chi connectivity index (χ3n) is 10.4. The van der Waals surface area contributed by atoms with Crippen LogP contribution in [0.15, 0.2) is 72.9 Å². The molecule has 0 aliphatic rings. The summed E-state index contributed by atoms with van der Waals surface area (Å²) in [6, 6.07) is -1.38. The molecule has 9 nitrogen and oxygen atoms in total. The Morgan fingerprint density at radius 2 is 0.984 bits per heavy atom. The number of carbonyl (C=O) groups is 4. The second-order valence-electron chi connectivity index (χ2n) is 16.2. The molecular weight excluding hydrogens is 765 g/mol. The van der Waals surface area contributed by atoms with E-state index in [0.29, 0.717) is 19.3 Å². The Labute approximate surface area is 372 Å². The molecule has 0 aromatic carbocycles. The number of unbranched alkanes of at least 4 members (excludes halogenated alkanes) is 19. The zero-order valence-corrected chi connectivity index (χ0v) is 38.6. The minimum Gasteiger partial charge on any atom is -0.480 e. The van der Waals surface area contributed by atoms with E-state index >= 15 is 0 Å². The first-order chi connectivity index (χ1) is 29.8. The van der Waals surface area contributed by atoms with Crippen LogP contribution in [0.2, 0.25) is 0 Å². The van der Waals surface area contributed by atoms with Crippen molar-refractivity contribution in [2.45, 2.75) is 219 Å². The van der Waals surface area contributed by atoms with E-state index in [1.165, 1.54) is 77.0 Å². The van der Waals surface area contributed by atoms with Crippen LogP contribution < -0.4 is 10.6 Å². The van der Waals surface area contributed by atoms with Crippen LogP contribution in [-0.4, -0.2) is 59.3 Å². The van der Waals surface area contributed by atoms with E-state index in [1.807, 2.05) is 0 Å². The van der Waals surface area contributed by atoms with E-state index in [4.69, 9.17) is 14.9 Å². The maximum atomic E-state index is 12.8. The number of esters is 1. The Morgan fingerprint density at radius 1 is 0.525 bits per heavy atom. The number of amides is 2. The van der Waals surface area contributed by atoms with Crippen LogP contribution in [0.1, 0.15) is 206 Å². The predicted molar refractivity (Wildman–Crippen MR) is 254 cm³/mol. The molecule has 0 aliphatic heterocycles. The second-order valence-corrected chi connectivity index (χ2v) is 16.2. The summed E-state index contributed by atoms with van der Waals surface area (Å²) in [4.78, 5) is 47.6. The molecule has 0 rings (SSSR count). The highest BCUT2D eigenvalue weighted by Crippen LogP contribution is 2.16. The van der Waals surface area contributed by atoms with Gasteiger partial charge >= 0.3 is 11.9 Å². The molecule has 0 saturated heterocycles. The third-order valence-corrected chi connectivity index (χ3v) is 10.4. The summed E-state index contributed by atoms with van der Waals surface area (Å²) < 4.78 is 5.97. The summed E-state index contributed by atoms with van der Waals surface area (Å²) in [5.74, 6) is -2.34. The summed E-state index contributed by atoms with van der Waals surface area (Å²) in [6.07, 6.45) is 58.1. The average molecular weight is 853 g/mol. The molecule has 2 amide bonds. The van der Waals surface area contributed by atoms with E-state index in [-0.39, 0.29) is 24.5 Å². The first kappa shape index (κ1) is 57.3. The van der Waals surface area contributed by atoms with Crippen molar-refractivity contribution in [1.29, 1.82) is 0 Å². The van der Waals surface area contributed by atoms with E-state index in [9.17, 15) is 19.2 Å². The van der Waals surface area contributed by atoms with Gasteiger partial charge in [-0.1, -0.05) is 177 Å². The van der Waals surface area contributed by atoms with E-state index in [1.54, 1.807) is 0 Å². The molecule has 4 N–H and O–H groups in total. The van der Waals surface area contributed by atoms with E-state index in [2.05, 4.69) is 97.4 Å². The highest BCUT2D eigenvalue weighted by Gasteiger charge is 2.18. The van der Waals surface area contributed by atoms with Gasteiger partial charge in [0.15, 0.2) is 0 Å². The standard InChI is InChI=1S/C52H88N2O7/c1-3-5-7-9-11-13-14-15-16-17-18-19-20-21-22-23-24-25-26-28-30-36-40-44-51(58)61-47(41-37-33-29-27-12-10-8-6-4-2)42-38-34-31-32-35-39-43-49(56)53-45-50(57)54-48(46-55)52(59)60/h5,7,11,13,15-16,18-19,21-22,37,41,47-48,55H,3-4,6,8-10,12,14,17,20,23-36,38-40,42-46H2,1-2H3,(H,53,56)(H,54,57)(H,59,60)/b7-5-,13-11-,16-15-,19-18-,22-21-,41-37-. The molecule has 0 aliphatic carbocycles. The van der Waals surface area contributed by atoms with Gasteiger partial charge in [-0.3, -0.25) is 14.4 Å². The van der Waals surface area contributed by atoms with Gasteiger partial charge in [0.1, 0.15) is 12.1 Å². The van der Waals surface area contributed by atoms with Crippen molar-refractivity contribution < 1.29 is 34.1 Å². The van der Waals surface area contributed by atoms with Crippen molar-refractivity contribution in [3.05, 3.63) is 72.9 Å². The molecule has 0 bridgehead atoms. The average Bonchev–Trinajstić information content (AvgIpc) is 3.25. The predicted octanol–water partition coefficient (Wildman–Crippen LogP) is 12.7. The van der Waals surface area contributed by atoms with Crippen LogP contribution in [0.4, 0.5) is 0 Å². The quantitative estimate of drug-likeness (QED) is 0.0272. The van der Waals surface area contributed by atoms with Crippen molar-refractivity contribution in [1.82, 2.24) is 10.6 Å². The molecule has 0 heterocycles. The molecule has 0 aromatic rings. The molecule has 2 atom stereocenters. The first-order valence-corrected chi connectivity index (χ1v) is 24.3. The lowest BCUT2D eigenvalue weighted by molar-refractivity contribution is -0.147. The minimum atomic E-state index is -1.38. The van der Waals surface area contributed by atoms with Crippen molar-refractivity contribution in [2.24, 2.45) is 0 Å². The van der Waals surface area contributed by atoms with Gasteiger partial charge < -0.3 is 25.6 Å². The molecule has 348 valence electrons. The van der Waals surface area contributed by atoms with Crippen molar-refractivity contribution in [2.75, 3.05) is 13.2 Å². The number of carbonyl (C=O) groups excluding carboxylic acids is 3. The molecule has 2 unspecified atom stereocenters. The number of nitrogens with one attached hydrogen (secondary N) is 2. The zero-order valence-electron chi connectivity index (χ0n) is 38.6. The maximum Gasteiger partial charge on any atom is 0.328 e. The summed E-state index contributed by atoms with van der Waals surface area (Å²) in [5, 5.41) is 22.5. The molecule has 9 heteroatoms. The fraction of sp³-hybridized carbons (Fsp3) is 0.692. The highest BCUT2D eigenvalue weighted by molar-refractivity contribution is 5.87. The molecule has 0 radical (unpaired) electrons. The highest BCUT2D eigenvalue weighted by atomic mass is 16.5. The largest absolute Gasteiger partial charge is 0.480 e. The summed E-state index contributed by atoms with van der Waals surface area (Å²) in [6.45, 7) is 3.36. The van der Waals surface area contributed by atoms with Gasteiger partial charge in [-0.25, -0.2) is 4.79 Å². The third kappa shape index (κ3) is 42.8. The molecule has 61 heavy (non-hydrogen) atoms. The lowest BCUT2D eigenvalue weighted by Crippen LogP contribution is -2.47. The van der Waals surface area contributed by atoms with Crippen molar-refractivity contribution in [3.63, 3.8) is 0 Å². The van der Waals surface area contributed by atoms with Gasteiger partial charge in [-0.2, -0.15) is 0 Å². The fourth-order valence-electron chi connectivity index (χ4n) is 6.71. The molecule has 0 saturated carbocycles. The fourth-order valence-corrected chi connectivity index (χ4v) is 6.71. The number of aliphatic hydroxyl groups excluding tert-OH is 1. The van der Waals surface area contributed by atoms with E-state index < -0.39 is 24.5 Å². The van der Waals surface area contributed by atoms with Crippen LogP contribution in [0, 0.1) is 0 Å². The number of hydrogen-bond acceptors (Lipinski definition) is 6. The van der Waals surface area contributed by atoms with Gasteiger partial charge in [-0.05, 0) is 89.5 Å². The van der Waals surface area contributed by atoms with Crippen molar-refractivity contribution >= 4 is 23.8 Å². The first-order valence-electron chi connectivity index (χ1n) is 24.3. The lowest BCUT2D eigenvalue weighted by atomic mass is 10.0. The lowest BCUT2D eigenvalue weighted by Gasteiger charge is -2.15. The van der Waals surface area contributed by atoms with Crippen LogP contribution >= 0.6 is 0 Å². The van der Waals surface area contributed by atoms with E-state index in [0.717, 1.165) is 96.3 Å². The zero-order chi connectivity index (χ0) is 44.7. The number of rotatable bonds is 43. The molecule has 0 spiro atoms. The topological polar surface area (TPSA) is 142 Å². The van der Waals surface area contributed by atoms with Gasteiger partial charge in [0, 0.05) is 12.8 Å². The summed E-state index contributed by atoms with van der Waals surface area (Å²) >= 11 is 0. The Hall–Kier alpha value is -3.72. The Balaban J connectivity index is 4.22.